The largest absolute Gasteiger partial charge is 0.387 e. The third-order valence-corrected chi connectivity index (χ3v) is 9.57. The van der Waals surface area contributed by atoms with E-state index in [0.29, 0.717) is 0 Å². The molecule has 5 heterocycles. The summed E-state index contributed by atoms with van der Waals surface area (Å²) >= 11 is 0. The summed E-state index contributed by atoms with van der Waals surface area (Å²) in [7, 11) is 0. The van der Waals surface area contributed by atoms with Crippen molar-refractivity contribution in [2.24, 2.45) is 0 Å². The lowest BCUT2D eigenvalue weighted by Crippen LogP contribution is -2.31. The van der Waals surface area contributed by atoms with Crippen LogP contribution in [-0.4, -0.2) is 31.7 Å². The van der Waals surface area contributed by atoms with Crippen LogP contribution in [-0.2, 0) is 0 Å². The van der Waals surface area contributed by atoms with E-state index < -0.39 is 0 Å². The monoisotopic (exact) mass is 597 g/mol. The van der Waals surface area contributed by atoms with Gasteiger partial charge in [0.2, 0.25) is 0 Å². The van der Waals surface area contributed by atoms with Gasteiger partial charge in [-0.25, -0.2) is 0 Å². The number of hydrogen-bond acceptors (Lipinski definition) is 5. The molecular weight excluding hydrogens is 562 g/mol. The molecule has 0 radical (unpaired) electrons. The number of hydrogen-bond donors (Lipinski definition) is 5. The standard InChI is InChI=1S/C41H35N5/c1-3-33-23-35(34-4-2-20-44-41(34)40(33)43-19-1)27-7-5-26(6-8-27)31-11-9-28-14-16-37(46-38(28)24-31)32-12-10-29-13-15-36(45-39(29)25-32)30-17-21-42-22-18-30/h1-18,21,23-25,36,38,42-46H,19-20,22H2. The average molecular weight is 598 g/mol. The molecule has 5 nitrogen and oxygen atoms in total. The van der Waals surface area contributed by atoms with Crippen molar-refractivity contribution in [3.63, 3.8) is 0 Å². The third kappa shape index (κ3) is 4.72. The Morgan fingerprint density at radius 1 is 0.609 bits per heavy atom. The molecule has 9 rings (SSSR count). The van der Waals surface area contributed by atoms with Gasteiger partial charge in [-0.1, -0.05) is 103 Å². The Morgan fingerprint density at radius 3 is 2.35 bits per heavy atom. The number of dihydropyridines is 2. The molecular formula is C41H35N5. The van der Waals surface area contributed by atoms with Crippen LogP contribution < -0.4 is 26.6 Å². The number of anilines is 3. The fraction of sp³-hybridized carbons (Fsp3) is 0.122. The van der Waals surface area contributed by atoms with Crippen molar-refractivity contribution < 1.29 is 0 Å². The predicted molar refractivity (Wildman–Crippen MR) is 195 cm³/mol. The van der Waals surface area contributed by atoms with Gasteiger partial charge < -0.3 is 26.6 Å². The molecule has 224 valence electrons. The molecule has 0 fully saturated rings. The molecule has 0 spiro atoms. The second-order valence-electron chi connectivity index (χ2n) is 12.4. The smallest absolute Gasteiger partial charge is 0.0707 e. The van der Waals surface area contributed by atoms with Crippen LogP contribution >= 0.6 is 0 Å². The fourth-order valence-corrected chi connectivity index (χ4v) is 7.14. The van der Waals surface area contributed by atoms with E-state index in [2.05, 4.69) is 154 Å². The number of fused-ring (bicyclic) bond motifs is 5. The molecule has 2 atom stereocenters. The highest BCUT2D eigenvalue weighted by Gasteiger charge is 2.23. The number of rotatable bonds is 4. The second-order valence-corrected chi connectivity index (χ2v) is 12.4. The van der Waals surface area contributed by atoms with E-state index in [0.717, 1.165) is 31.0 Å². The van der Waals surface area contributed by atoms with E-state index in [-0.39, 0.29) is 12.1 Å². The quantitative estimate of drug-likeness (QED) is 0.211. The summed E-state index contributed by atoms with van der Waals surface area (Å²) in [6.45, 7) is 2.59. The first-order valence-corrected chi connectivity index (χ1v) is 16.2. The summed E-state index contributed by atoms with van der Waals surface area (Å²) in [5.74, 6) is 0. The minimum absolute atomic E-state index is 0.115. The minimum atomic E-state index is 0.115. The Bertz CT molecular complexity index is 2040. The lowest BCUT2D eigenvalue weighted by molar-refractivity contribution is 0.815. The Morgan fingerprint density at radius 2 is 1.46 bits per heavy atom. The summed E-state index contributed by atoms with van der Waals surface area (Å²) in [6, 6.07) is 18.3. The molecule has 0 aromatic heterocycles. The second kappa shape index (κ2) is 11.0. The molecule has 0 saturated heterocycles. The number of allylic oxidation sites excluding steroid dienone is 4. The molecule has 5 N–H and O–H groups in total. The van der Waals surface area contributed by atoms with Gasteiger partial charge in [-0.15, -0.1) is 0 Å². The van der Waals surface area contributed by atoms with Crippen LogP contribution in [0.3, 0.4) is 0 Å². The van der Waals surface area contributed by atoms with Gasteiger partial charge in [-0.05, 0) is 75.0 Å². The van der Waals surface area contributed by atoms with Crippen molar-refractivity contribution in [2.75, 3.05) is 35.6 Å². The van der Waals surface area contributed by atoms with E-state index in [1.54, 1.807) is 0 Å². The van der Waals surface area contributed by atoms with E-state index in [1.807, 2.05) is 6.20 Å². The van der Waals surface area contributed by atoms with Crippen LogP contribution in [0.2, 0.25) is 0 Å². The van der Waals surface area contributed by atoms with Crippen molar-refractivity contribution in [2.45, 2.75) is 12.1 Å². The highest BCUT2D eigenvalue weighted by atomic mass is 15.0. The first-order valence-electron chi connectivity index (χ1n) is 16.2. The molecule has 5 aliphatic heterocycles. The average Bonchev–Trinajstić information content (AvgIpc) is 3.14. The summed E-state index contributed by atoms with van der Waals surface area (Å²) in [6.07, 6.45) is 31.0. The maximum absolute atomic E-state index is 3.81. The predicted octanol–water partition coefficient (Wildman–Crippen LogP) is 7.97. The molecule has 0 saturated carbocycles. The van der Waals surface area contributed by atoms with Crippen molar-refractivity contribution >= 4 is 46.6 Å². The van der Waals surface area contributed by atoms with Crippen LogP contribution in [0.4, 0.5) is 17.1 Å². The Labute approximate surface area is 269 Å². The van der Waals surface area contributed by atoms with Gasteiger partial charge in [-0.3, -0.25) is 0 Å². The normalized spacial score (nSPS) is 21.3. The van der Waals surface area contributed by atoms with Crippen molar-refractivity contribution in [1.82, 2.24) is 10.6 Å². The zero-order chi connectivity index (χ0) is 30.5. The van der Waals surface area contributed by atoms with E-state index in [4.69, 9.17) is 0 Å². The lowest BCUT2D eigenvalue weighted by atomic mass is 9.88. The van der Waals surface area contributed by atoms with Gasteiger partial charge in [0.25, 0.3) is 0 Å². The van der Waals surface area contributed by atoms with Gasteiger partial charge in [0.05, 0.1) is 23.5 Å². The van der Waals surface area contributed by atoms with Gasteiger partial charge in [0.1, 0.15) is 0 Å². The molecule has 6 aliphatic rings. The Balaban J connectivity index is 0.958. The topological polar surface area (TPSA) is 60.1 Å². The summed E-state index contributed by atoms with van der Waals surface area (Å²) in [4.78, 5) is 0. The van der Waals surface area contributed by atoms with E-state index in [9.17, 15) is 0 Å². The molecule has 1 aliphatic carbocycles. The Kier molecular flexibility index (Phi) is 6.41. The van der Waals surface area contributed by atoms with Gasteiger partial charge in [-0.2, -0.15) is 0 Å². The Hall–Kier alpha value is -5.68. The zero-order valence-electron chi connectivity index (χ0n) is 25.5. The van der Waals surface area contributed by atoms with Crippen LogP contribution in [0.5, 0.6) is 0 Å². The third-order valence-electron chi connectivity index (χ3n) is 9.57. The summed E-state index contributed by atoms with van der Waals surface area (Å²) in [5.41, 5.74) is 17.1. The van der Waals surface area contributed by atoms with Crippen LogP contribution in [0.15, 0.2) is 127 Å². The molecule has 5 heteroatoms. The lowest BCUT2D eigenvalue weighted by Gasteiger charge is -2.29. The van der Waals surface area contributed by atoms with Crippen molar-refractivity contribution in [3.8, 4) is 11.1 Å². The molecule has 3 aromatic carbocycles. The van der Waals surface area contributed by atoms with Crippen LogP contribution in [0.25, 0.3) is 40.6 Å². The molecule has 0 bridgehead atoms. The molecule has 46 heavy (non-hydrogen) atoms. The van der Waals surface area contributed by atoms with Crippen LogP contribution in [0.1, 0.15) is 27.8 Å². The van der Waals surface area contributed by atoms with Crippen molar-refractivity contribution in [3.05, 3.63) is 154 Å². The maximum Gasteiger partial charge on any atom is 0.0707 e. The molecule has 0 amide bonds. The summed E-state index contributed by atoms with van der Waals surface area (Å²) < 4.78 is 0. The van der Waals surface area contributed by atoms with Gasteiger partial charge >= 0.3 is 0 Å². The van der Waals surface area contributed by atoms with E-state index in [1.165, 1.54) is 67.0 Å². The van der Waals surface area contributed by atoms with E-state index >= 15 is 0 Å². The fourth-order valence-electron chi connectivity index (χ4n) is 7.14. The summed E-state index contributed by atoms with van der Waals surface area (Å²) in [5, 5.41) is 18.0. The molecule has 3 aromatic rings. The van der Waals surface area contributed by atoms with Gasteiger partial charge in [0.15, 0.2) is 0 Å². The molecule has 2 unspecified atom stereocenters. The van der Waals surface area contributed by atoms with Gasteiger partial charge in [0, 0.05) is 42.1 Å². The first kappa shape index (κ1) is 26.7. The maximum atomic E-state index is 3.81. The van der Waals surface area contributed by atoms with Crippen molar-refractivity contribution in [1.29, 1.82) is 0 Å². The zero-order valence-corrected chi connectivity index (χ0v) is 25.5. The first-order chi connectivity index (χ1) is 22.8. The highest BCUT2D eigenvalue weighted by molar-refractivity contribution is 5.96. The SMILES string of the molecule is C1=Cc2cc(-c3ccc(C4=CC5NC(c6ccc7c(c6)NC(C6=CCNC=C6)C=C7)=CC=C5C=C4)cc3)c3c(c2NC1)NCC=C3. The number of nitrogens with one attached hydrogen (secondary N) is 5. The van der Waals surface area contributed by atoms with Crippen LogP contribution in [0, 0.1) is 0 Å². The minimum Gasteiger partial charge on any atom is -0.387 e. The number of benzene rings is 3. The highest BCUT2D eigenvalue weighted by Crippen LogP contribution is 2.42.